The summed E-state index contributed by atoms with van der Waals surface area (Å²) in [6, 6.07) is 3.54. The Kier molecular flexibility index (Phi) is 28.3. The molecule has 0 aromatic carbocycles. The molecular weight excluding hydrogens is 619 g/mol. The summed E-state index contributed by atoms with van der Waals surface area (Å²) in [6.07, 6.45) is 11.4. The first-order chi connectivity index (χ1) is 23.3. The number of amides is 1. The minimum absolute atomic E-state index is 0. The van der Waals surface area contributed by atoms with Gasteiger partial charge in [0, 0.05) is 76.0 Å². The Morgan fingerprint density at radius 1 is 0.400 bits per heavy atom. The van der Waals surface area contributed by atoms with Gasteiger partial charge >= 0.3 is 0 Å². The quantitative estimate of drug-likeness (QED) is 0.272. The largest absolute Gasteiger partial charge is 0.341 e. The van der Waals surface area contributed by atoms with E-state index in [-0.39, 0.29) is 13.3 Å². The number of piperidine rings is 2. The van der Waals surface area contributed by atoms with Crippen LogP contribution in [0.2, 0.25) is 0 Å². The average molecular weight is 710 g/mol. The molecule has 8 nitrogen and oxygen atoms in total. The van der Waals surface area contributed by atoms with Crippen LogP contribution in [-0.4, -0.2) is 169 Å². The second-order valence-corrected chi connectivity index (χ2v) is 16.3. The zero-order valence-electron chi connectivity index (χ0n) is 35.2. The van der Waals surface area contributed by atoms with Crippen molar-refractivity contribution in [2.45, 2.75) is 172 Å². The molecule has 5 rings (SSSR count). The molecule has 0 aliphatic carbocycles. The van der Waals surface area contributed by atoms with E-state index in [0.29, 0.717) is 12.6 Å². The highest BCUT2D eigenvalue weighted by atomic mass is 16.2. The molecule has 5 aliphatic rings. The van der Waals surface area contributed by atoms with Gasteiger partial charge in [0.2, 0.25) is 5.91 Å². The summed E-state index contributed by atoms with van der Waals surface area (Å²) in [5.41, 5.74) is 0. The predicted molar refractivity (Wildman–Crippen MR) is 222 cm³/mol. The van der Waals surface area contributed by atoms with E-state index in [9.17, 15) is 4.79 Å². The van der Waals surface area contributed by atoms with E-state index in [0.717, 1.165) is 43.8 Å². The van der Waals surface area contributed by atoms with E-state index in [1.54, 1.807) is 0 Å². The number of piperazine rings is 2. The van der Waals surface area contributed by atoms with Gasteiger partial charge in [-0.25, -0.2) is 0 Å². The Morgan fingerprint density at radius 2 is 0.700 bits per heavy atom. The van der Waals surface area contributed by atoms with E-state index >= 15 is 0 Å². The fraction of sp³-hybridized carbons (Fsp3) is 0.976. The Hall–Kier alpha value is -0.770. The van der Waals surface area contributed by atoms with Crippen molar-refractivity contribution in [3.8, 4) is 0 Å². The number of carbonyl (C=O) groups is 1. The number of hydrogen-bond acceptors (Lipinski definition) is 7. The minimum atomic E-state index is 0. The molecule has 8 heteroatoms. The number of rotatable bonds is 7. The lowest BCUT2D eigenvalue weighted by Crippen LogP contribution is -2.52. The topological polar surface area (TPSA) is 39.8 Å². The van der Waals surface area contributed by atoms with Gasteiger partial charge in [-0.15, -0.1) is 0 Å². The van der Waals surface area contributed by atoms with Gasteiger partial charge < -0.3 is 24.5 Å². The van der Waals surface area contributed by atoms with E-state index in [2.05, 4.69) is 106 Å². The van der Waals surface area contributed by atoms with Crippen LogP contribution in [0.5, 0.6) is 0 Å². The lowest BCUT2D eigenvalue weighted by Gasteiger charge is -2.36. The molecule has 5 aliphatic heterocycles. The summed E-state index contributed by atoms with van der Waals surface area (Å²) in [4.78, 5) is 28.3. The number of nitrogens with zero attached hydrogens (tertiary/aromatic N) is 7. The van der Waals surface area contributed by atoms with Crippen LogP contribution in [0.1, 0.15) is 142 Å². The molecule has 0 aromatic rings. The van der Waals surface area contributed by atoms with Crippen molar-refractivity contribution in [1.29, 1.82) is 0 Å². The van der Waals surface area contributed by atoms with Crippen molar-refractivity contribution in [3.05, 3.63) is 0 Å². The standard InChI is InChI=1S/C9H18N2O.C9H20N2.2C8H17N.C7H15N.CH4/c1-4-10-5-6-11(8(2)3)7-9(10)12;1-4-10-5-7-11(8-6-10)9(2)3;2*1-8(2)9-6-4-3-5-7-9;1-7(2)8-5-3-4-6-8;/h8H,4-7H2,1-3H3;9H,4-8H2,1-3H3;2*8H,3-7H2,1-2H3;7H,3-6H2,1-2H3;1H4. The van der Waals surface area contributed by atoms with Gasteiger partial charge in [0.1, 0.15) is 0 Å². The lowest BCUT2D eigenvalue weighted by molar-refractivity contribution is -0.136. The highest BCUT2D eigenvalue weighted by Gasteiger charge is 2.23. The molecule has 0 N–H and O–H groups in total. The third-order valence-electron chi connectivity index (χ3n) is 11.2. The molecular formula is C42H91N7O. The summed E-state index contributed by atoms with van der Waals surface area (Å²) in [5, 5.41) is 0. The molecule has 0 aromatic heterocycles. The minimum Gasteiger partial charge on any atom is -0.341 e. The molecule has 5 heterocycles. The van der Waals surface area contributed by atoms with Crippen LogP contribution in [0.3, 0.4) is 0 Å². The van der Waals surface area contributed by atoms with Crippen molar-refractivity contribution in [1.82, 2.24) is 34.3 Å². The summed E-state index contributed by atoms with van der Waals surface area (Å²) >= 11 is 0. The van der Waals surface area contributed by atoms with Gasteiger partial charge in [-0.1, -0.05) is 27.2 Å². The zero-order valence-corrected chi connectivity index (χ0v) is 35.2. The smallest absolute Gasteiger partial charge is 0.236 e. The molecule has 5 saturated heterocycles. The molecule has 0 spiro atoms. The van der Waals surface area contributed by atoms with Crippen LogP contribution in [0, 0.1) is 0 Å². The Balaban J connectivity index is 0.000000601. The van der Waals surface area contributed by atoms with Gasteiger partial charge in [0.05, 0.1) is 6.54 Å². The molecule has 0 radical (unpaired) electrons. The molecule has 1 amide bonds. The lowest BCUT2D eigenvalue weighted by atomic mass is 10.1. The van der Waals surface area contributed by atoms with Crippen molar-refractivity contribution in [3.63, 3.8) is 0 Å². The normalized spacial score (nSPS) is 21.9. The zero-order chi connectivity index (χ0) is 36.8. The van der Waals surface area contributed by atoms with Crippen molar-refractivity contribution in [2.75, 3.05) is 98.2 Å². The van der Waals surface area contributed by atoms with Crippen LogP contribution in [-0.2, 0) is 4.79 Å². The Morgan fingerprint density at radius 3 is 0.960 bits per heavy atom. The molecule has 0 atom stereocenters. The number of likely N-dealkylation sites (tertiary alicyclic amines) is 3. The first kappa shape index (κ1) is 49.2. The van der Waals surface area contributed by atoms with Gasteiger partial charge in [-0.2, -0.15) is 0 Å². The van der Waals surface area contributed by atoms with E-state index in [4.69, 9.17) is 0 Å². The Bertz CT molecular complexity index is 757. The van der Waals surface area contributed by atoms with Crippen LogP contribution in [0.4, 0.5) is 0 Å². The Labute approximate surface area is 314 Å². The monoisotopic (exact) mass is 710 g/mol. The van der Waals surface area contributed by atoms with Crippen LogP contribution in [0.25, 0.3) is 0 Å². The first-order valence-electron chi connectivity index (χ1n) is 21.0. The number of carbonyl (C=O) groups excluding carboxylic acids is 1. The van der Waals surface area contributed by atoms with Crippen LogP contribution in [0.15, 0.2) is 0 Å². The first-order valence-corrected chi connectivity index (χ1v) is 21.0. The maximum atomic E-state index is 11.4. The number of likely N-dealkylation sites (N-methyl/N-ethyl adjacent to an activating group) is 2. The van der Waals surface area contributed by atoms with Gasteiger partial charge in [0.25, 0.3) is 0 Å². The molecule has 0 saturated carbocycles. The second kappa shape index (κ2) is 28.7. The SMILES string of the molecule is C.CC(C)N1CCCC1.CC(C)N1CCCCC1.CC(C)N1CCCCC1.CCN1CCN(C(C)C)CC1.CCN1CCN(C(C)C)CC1=O. The molecule has 0 bridgehead atoms. The number of hydrogen-bond donors (Lipinski definition) is 0. The fourth-order valence-corrected chi connectivity index (χ4v) is 7.23. The van der Waals surface area contributed by atoms with Crippen molar-refractivity contribution < 1.29 is 4.79 Å². The molecule has 50 heavy (non-hydrogen) atoms. The molecule has 0 unspecified atom stereocenters. The van der Waals surface area contributed by atoms with E-state index in [1.165, 1.54) is 123 Å². The summed E-state index contributed by atoms with van der Waals surface area (Å²) in [5.74, 6) is 0.275. The van der Waals surface area contributed by atoms with Gasteiger partial charge in [-0.05, 0) is 160 Å². The molecule has 5 fully saturated rings. The van der Waals surface area contributed by atoms with Crippen molar-refractivity contribution >= 4 is 5.91 Å². The van der Waals surface area contributed by atoms with Gasteiger partial charge in [-0.3, -0.25) is 14.6 Å². The second-order valence-electron chi connectivity index (χ2n) is 16.3. The van der Waals surface area contributed by atoms with Crippen LogP contribution < -0.4 is 0 Å². The highest BCUT2D eigenvalue weighted by molar-refractivity contribution is 5.79. The molecule has 300 valence electrons. The highest BCUT2D eigenvalue weighted by Crippen LogP contribution is 2.12. The van der Waals surface area contributed by atoms with Crippen LogP contribution >= 0.6 is 0 Å². The third-order valence-corrected chi connectivity index (χ3v) is 11.2. The fourth-order valence-electron chi connectivity index (χ4n) is 7.23. The maximum absolute atomic E-state index is 11.4. The summed E-state index contributed by atoms with van der Waals surface area (Å²) < 4.78 is 0. The average Bonchev–Trinajstić information content (AvgIpc) is 3.66. The van der Waals surface area contributed by atoms with Crippen molar-refractivity contribution in [2.24, 2.45) is 0 Å². The van der Waals surface area contributed by atoms with E-state index < -0.39 is 0 Å². The maximum Gasteiger partial charge on any atom is 0.236 e. The summed E-state index contributed by atoms with van der Waals surface area (Å²) in [7, 11) is 0. The van der Waals surface area contributed by atoms with Gasteiger partial charge in [0.15, 0.2) is 0 Å². The third kappa shape index (κ3) is 21.1. The van der Waals surface area contributed by atoms with E-state index in [1.807, 2.05) is 11.8 Å². The predicted octanol–water partition coefficient (Wildman–Crippen LogP) is 7.48. The summed E-state index contributed by atoms with van der Waals surface area (Å²) in [6.45, 7) is 44.4.